The van der Waals surface area contributed by atoms with E-state index in [4.69, 9.17) is 4.74 Å². The van der Waals surface area contributed by atoms with Gasteiger partial charge in [0, 0.05) is 25.0 Å². The van der Waals surface area contributed by atoms with Crippen molar-refractivity contribution in [3.8, 4) is 6.07 Å². The lowest BCUT2D eigenvalue weighted by Gasteiger charge is -2.21. The summed E-state index contributed by atoms with van der Waals surface area (Å²) in [6.07, 6.45) is 7.90. The highest BCUT2D eigenvalue weighted by Crippen LogP contribution is 2.28. The third kappa shape index (κ3) is 3.98. The molecular formula is C16H19N3O3. The lowest BCUT2D eigenvalue weighted by Crippen LogP contribution is -2.46. The number of carbonyl (C=O) groups is 2. The molecule has 1 saturated carbocycles. The minimum absolute atomic E-state index is 0.375. The van der Waals surface area contributed by atoms with Crippen LogP contribution in [0.3, 0.4) is 0 Å². The smallest absolute Gasteiger partial charge is 0.331 e. The molecule has 0 atom stereocenters. The van der Waals surface area contributed by atoms with Crippen molar-refractivity contribution in [2.45, 2.75) is 31.2 Å². The van der Waals surface area contributed by atoms with Crippen LogP contribution in [0.4, 0.5) is 0 Å². The number of nitrogens with zero attached hydrogens (tertiary/aromatic N) is 2. The van der Waals surface area contributed by atoms with Crippen LogP contribution in [0.15, 0.2) is 24.4 Å². The first-order chi connectivity index (χ1) is 10.5. The number of esters is 1. The molecule has 1 N–H and O–H groups in total. The molecule has 0 aliphatic heterocycles. The molecule has 0 spiro atoms. The third-order valence-corrected chi connectivity index (χ3v) is 3.77. The van der Waals surface area contributed by atoms with Gasteiger partial charge in [-0.3, -0.25) is 4.79 Å². The molecule has 6 heteroatoms. The lowest BCUT2D eigenvalue weighted by atomic mass is 10.00. The predicted octanol–water partition coefficient (Wildman–Crippen LogP) is 1.53. The summed E-state index contributed by atoms with van der Waals surface area (Å²) < 4.78 is 6.74. The largest absolute Gasteiger partial charge is 0.452 e. The highest BCUT2D eigenvalue weighted by molar-refractivity contribution is 5.89. The number of aromatic nitrogens is 1. The molecule has 0 aromatic carbocycles. The van der Waals surface area contributed by atoms with Gasteiger partial charge in [0.25, 0.3) is 5.91 Å². The van der Waals surface area contributed by atoms with Crippen LogP contribution in [-0.4, -0.2) is 28.6 Å². The summed E-state index contributed by atoms with van der Waals surface area (Å²) in [5, 5.41) is 11.8. The van der Waals surface area contributed by atoms with Gasteiger partial charge in [0.15, 0.2) is 6.61 Å². The van der Waals surface area contributed by atoms with Crippen molar-refractivity contribution >= 4 is 18.0 Å². The van der Waals surface area contributed by atoms with Gasteiger partial charge in [0.1, 0.15) is 5.54 Å². The summed E-state index contributed by atoms with van der Waals surface area (Å²) in [7, 11) is 1.86. The number of nitriles is 1. The first kappa shape index (κ1) is 15.8. The number of hydrogen-bond acceptors (Lipinski definition) is 4. The van der Waals surface area contributed by atoms with E-state index < -0.39 is 17.4 Å². The van der Waals surface area contributed by atoms with E-state index >= 15 is 0 Å². The molecule has 1 aliphatic rings. The fourth-order valence-corrected chi connectivity index (χ4v) is 2.53. The third-order valence-electron chi connectivity index (χ3n) is 3.77. The Morgan fingerprint density at radius 2 is 2.23 bits per heavy atom. The number of ether oxygens (including phenoxy) is 1. The average Bonchev–Trinajstić information content (AvgIpc) is 3.13. The highest BCUT2D eigenvalue weighted by atomic mass is 16.5. The van der Waals surface area contributed by atoms with Crippen LogP contribution in [-0.2, 0) is 21.4 Å². The van der Waals surface area contributed by atoms with E-state index in [0.29, 0.717) is 12.8 Å². The summed E-state index contributed by atoms with van der Waals surface area (Å²) in [4.78, 5) is 23.4. The van der Waals surface area contributed by atoms with E-state index in [-0.39, 0.29) is 6.61 Å². The molecule has 0 saturated heterocycles. The fraction of sp³-hybridized carbons (Fsp3) is 0.438. The van der Waals surface area contributed by atoms with Crippen LogP contribution in [0.2, 0.25) is 0 Å². The van der Waals surface area contributed by atoms with Crippen molar-refractivity contribution in [2.24, 2.45) is 7.05 Å². The van der Waals surface area contributed by atoms with Crippen LogP contribution in [0.5, 0.6) is 0 Å². The number of amides is 1. The van der Waals surface area contributed by atoms with Gasteiger partial charge in [-0.25, -0.2) is 4.79 Å². The van der Waals surface area contributed by atoms with Gasteiger partial charge in [0.2, 0.25) is 0 Å². The Kier molecular flexibility index (Phi) is 4.99. The molecule has 0 unspecified atom stereocenters. The second-order valence-corrected chi connectivity index (χ2v) is 5.43. The maximum atomic E-state index is 11.8. The van der Waals surface area contributed by atoms with Crippen LogP contribution in [0.25, 0.3) is 6.08 Å². The van der Waals surface area contributed by atoms with Gasteiger partial charge in [0.05, 0.1) is 6.07 Å². The van der Waals surface area contributed by atoms with E-state index in [1.54, 1.807) is 6.08 Å². The second kappa shape index (κ2) is 6.94. The summed E-state index contributed by atoms with van der Waals surface area (Å²) in [6.45, 7) is -0.375. The van der Waals surface area contributed by atoms with Crippen molar-refractivity contribution < 1.29 is 14.3 Å². The van der Waals surface area contributed by atoms with Crippen LogP contribution in [0, 0.1) is 11.3 Å². The summed E-state index contributed by atoms with van der Waals surface area (Å²) in [5.41, 5.74) is 0.0679. The van der Waals surface area contributed by atoms with E-state index in [2.05, 4.69) is 11.4 Å². The topological polar surface area (TPSA) is 84.1 Å². The first-order valence-electron chi connectivity index (χ1n) is 7.23. The van der Waals surface area contributed by atoms with Gasteiger partial charge in [-0.2, -0.15) is 5.26 Å². The standard InChI is InChI=1S/C16H19N3O3/c1-19-10-4-5-13(19)6-7-15(21)22-11-14(20)18-16(12-17)8-2-3-9-16/h4-7,10H,2-3,8-9,11H2,1H3,(H,18,20). The number of nitrogens with one attached hydrogen (secondary N) is 1. The van der Waals surface area contributed by atoms with Gasteiger partial charge in [-0.1, -0.05) is 0 Å². The molecule has 116 valence electrons. The van der Waals surface area contributed by atoms with E-state index in [9.17, 15) is 14.9 Å². The molecule has 6 nitrogen and oxygen atoms in total. The Balaban J connectivity index is 1.79. The summed E-state index contributed by atoms with van der Waals surface area (Å²) in [6, 6.07) is 5.87. The quantitative estimate of drug-likeness (QED) is 0.660. The molecule has 1 aromatic rings. The van der Waals surface area contributed by atoms with E-state index in [1.807, 2.05) is 29.9 Å². The summed E-state index contributed by atoms with van der Waals surface area (Å²) in [5.74, 6) is -1.03. The predicted molar refractivity (Wildman–Crippen MR) is 80.4 cm³/mol. The molecule has 1 fully saturated rings. The minimum atomic E-state index is -0.789. The van der Waals surface area contributed by atoms with Crippen molar-refractivity contribution in [1.29, 1.82) is 5.26 Å². The zero-order chi connectivity index (χ0) is 16.0. The van der Waals surface area contributed by atoms with Crippen LogP contribution >= 0.6 is 0 Å². The SMILES string of the molecule is Cn1cccc1C=CC(=O)OCC(=O)NC1(C#N)CCCC1. The molecule has 1 amide bonds. The Bertz CT molecular complexity index is 619. The zero-order valence-corrected chi connectivity index (χ0v) is 12.5. The average molecular weight is 301 g/mol. The molecule has 22 heavy (non-hydrogen) atoms. The zero-order valence-electron chi connectivity index (χ0n) is 12.5. The fourth-order valence-electron chi connectivity index (χ4n) is 2.53. The Morgan fingerprint density at radius 1 is 1.50 bits per heavy atom. The molecule has 0 bridgehead atoms. The van der Waals surface area contributed by atoms with Crippen LogP contribution in [0.1, 0.15) is 31.4 Å². The van der Waals surface area contributed by atoms with Gasteiger partial charge >= 0.3 is 5.97 Å². The van der Waals surface area contributed by atoms with Crippen LogP contribution < -0.4 is 5.32 Å². The second-order valence-electron chi connectivity index (χ2n) is 5.43. The van der Waals surface area contributed by atoms with Crippen molar-refractivity contribution in [1.82, 2.24) is 9.88 Å². The van der Waals surface area contributed by atoms with Crippen molar-refractivity contribution in [2.75, 3.05) is 6.61 Å². The van der Waals surface area contributed by atoms with Crippen molar-refractivity contribution in [3.05, 3.63) is 30.1 Å². The monoisotopic (exact) mass is 301 g/mol. The number of aryl methyl sites for hydroxylation is 1. The summed E-state index contributed by atoms with van der Waals surface area (Å²) >= 11 is 0. The highest BCUT2D eigenvalue weighted by Gasteiger charge is 2.35. The number of carbonyl (C=O) groups excluding carboxylic acids is 2. The lowest BCUT2D eigenvalue weighted by molar-refractivity contribution is -0.144. The molecule has 1 heterocycles. The minimum Gasteiger partial charge on any atom is -0.452 e. The molecule has 1 aromatic heterocycles. The number of hydrogen-bond donors (Lipinski definition) is 1. The van der Waals surface area contributed by atoms with Gasteiger partial charge in [-0.05, 0) is 43.9 Å². The van der Waals surface area contributed by atoms with E-state index in [1.165, 1.54) is 6.08 Å². The Labute approximate surface area is 129 Å². The van der Waals surface area contributed by atoms with E-state index in [0.717, 1.165) is 18.5 Å². The normalized spacial score (nSPS) is 16.4. The van der Waals surface area contributed by atoms with Gasteiger partial charge < -0.3 is 14.6 Å². The Hall–Kier alpha value is -2.55. The maximum absolute atomic E-state index is 11.8. The first-order valence-corrected chi connectivity index (χ1v) is 7.23. The van der Waals surface area contributed by atoms with Crippen molar-refractivity contribution in [3.63, 3.8) is 0 Å². The molecule has 2 rings (SSSR count). The molecule has 1 aliphatic carbocycles. The number of rotatable bonds is 5. The molecular weight excluding hydrogens is 282 g/mol. The molecule has 0 radical (unpaired) electrons. The maximum Gasteiger partial charge on any atom is 0.331 e. The van der Waals surface area contributed by atoms with Gasteiger partial charge in [-0.15, -0.1) is 0 Å². The Morgan fingerprint density at radius 3 is 2.82 bits per heavy atom.